The van der Waals surface area contributed by atoms with E-state index in [0.717, 1.165) is 19.4 Å². The summed E-state index contributed by atoms with van der Waals surface area (Å²) in [5.41, 5.74) is 0.152. The van der Waals surface area contributed by atoms with E-state index in [0.29, 0.717) is 26.4 Å². The molecule has 0 unspecified atom stereocenters. The molecule has 1 aliphatic carbocycles. The van der Waals surface area contributed by atoms with Crippen molar-refractivity contribution < 1.29 is 14.2 Å². The van der Waals surface area contributed by atoms with Crippen molar-refractivity contribution in [2.45, 2.75) is 64.0 Å². The van der Waals surface area contributed by atoms with Gasteiger partial charge in [-0.25, -0.2) is 0 Å². The van der Waals surface area contributed by atoms with Crippen LogP contribution in [0.15, 0.2) is 0 Å². The minimum absolute atomic E-state index is 0.0101. The lowest BCUT2D eigenvalue weighted by molar-refractivity contribution is -0.0904. The standard InChI is InChI=1S/C16H33NO3/c1-15(2,3)17-14-16(8-6-5-7-9-16)20-13-12-19-11-10-18-4/h17H,5-14H2,1-4H3. The van der Waals surface area contributed by atoms with Crippen LogP contribution in [0.2, 0.25) is 0 Å². The van der Waals surface area contributed by atoms with Gasteiger partial charge in [0, 0.05) is 19.2 Å². The monoisotopic (exact) mass is 287 g/mol. The van der Waals surface area contributed by atoms with Gasteiger partial charge < -0.3 is 19.5 Å². The van der Waals surface area contributed by atoms with Crippen LogP contribution in [-0.4, -0.2) is 51.2 Å². The van der Waals surface area contributed by atoms with Gasteiger partial charge in [0.1, 0.15) is 0 Å². The van der Waals surface area contributed by atoms with Crippen molar-refractivity contribution in [3.63, 3.8) is 0 Å². The van der Waals surface area contributed by atoms with Gasteiger partial charge in [0.25, 0.3) is 0 Å². The Morgan fingerprint density at radius 2 is 1.60 bits per heavy atom. The Bertz CT molecular complexity index is 245. The third-order valence-corrected chi connectivity index (χ3v) is 3.77. The number of ether oxygens (including phenoxy) is 3. The van der Waals surface area contributed by atoms with E-state index < -0.39 is 0 Å². The Morgan fingerprint density at radius 3 is 2.20 bits per heavy atom. The first-order valence-electron chi connectivity index (χ1n) is 7.93. The highest BCUT2D eigenvalue weighted by Gasteiger charge is 2.33. The first-order valence-corrected chi connectivity index (χ1v) is 7.93. The molecule has 0 aromatic rings. The average molecular weight is 287 g/mol. The fourth-order valence-corrected chi connectivity index (χ4v) is 2.56. The summed E-state index contributed by atoms with van der Waals surface area (Å²) >= 11 is 0. The summed E-state index contributed by atoms with van der Waals surface area (Å²) < 4.78 is 16.7. The van der Waals surface area contributed by atoms with Gasteiger partial charge >= 0.3 is 0 Å². The van der Waals surface area contributed by atoms with Crippen molar-refractivity contribution in [3.05, 3.63) is 0 Å². The number of methoxy groups -OCH3 is 1. The number of hydrogen-bond donors (Lipinski definition) is 1. The maximum atomic E-state index is 6.22. The Balaban J connectivity index is 2.31. The van der Waals surface area contributed by atoms with Gasteiger partial charge in [-0.15, -0.1) is 0 Å². The van der Waals surface area contributed by atoms with Crippen molar-refractivity contribution in [1.82, 2.24) is 5.32 Å². The van der Waals surface area contributed by atoms with Crippen LogP contribution in [0.4, 0.5) is 0 Å². The molecule has 4 heteroatoms. The van der Waals surface area contributed by atoms with E-state index in [1.165, 1.54) is 19.3 Å². The molecule has 20 heavy (non-hydrogen) atoms. The fourth-order valence-electron chi connectivity index (χ4n) is 2.56. The molecule has 120 valence electrons. The molecule has 0 atom stereocenters. The van der Waals surface area contributed by atoms with E-state index in [9.17, 15) is 0 Å². The molecule has 1 N–H and O–H groups in total. The summed E-state index contributed by atoms with van der Waals surface area (Å²) in [4.78, 5) is 0. The van der Waals surface area contributed by atoms with E-state index in [-0.39, 0.29) is 11.1 Å². The normalized spacial score (nSPS) is 19.2. The predicted molar refractivity (Wildman–Crippen MR) is 82.2 cm³/mol. The van der Waals surface area contributed by atoms with Crippen LogP contribution in [0.3, 0.4) is 0 Å². The minimum atomic E-state index is 0.0101. The van der Waals surface area contributed by atoms with Crippen LogP contribution in [-0.2, 0) is 14.2 Å². The smallest absolute Gasteiger partial charge is 0.0807 e. The number of hydrogen-bond acceptors (Lipinski definition) is 4. The second-order valence-electron chi connectivity index (χ2n) is 6.80. The van der Waals surface area contributed by atoms with Crippen molar-refractivity contribution in [3.8, 4) is 0 Å². The molecule has 0 radical (unpaired) electrons. The maximum absolute atomic E-state index is 6.22. The third kappa shape index (κ3) is 7.58. The Hall–Kier alpha value is -0.160. The highest BCUT2D eigenvalue weighted by molar-refractivity contribution is 4.89. The van der Waals surface area contributed by atoms with Crippen molar-refractivity contribution in [2.24, 2.45) is 0 Å². The molecular formula is C16H33NO3. The van der Waals surface area contributed by atoms with Gasteiger partial charge in [-0.05, 0) is 33.6 Å². The molecule has 1 aliphatic rings. The second-order valence-corrected chi connectivity index (χ2v) is 6.80. The molecule has 1 fully saturated rings. The van der Waals surface area contributed by atoms with Crippen LogP contribution < -0.4 is 5.32 Å². The zero-order valence-electron chi connectivity index (χ0n) is 13.8. The molecule has 4 nitrogen and oxygen atoms in total. The number of rotatable bonds is 9. The largest absolute Gasteiger partial charge is 0.382 e. The van der Waals surface area contributed by atoms with E-state index in [2.05, 4.69) is 26.1 Å². The van der Waals surface area contributed by atoms with Crippen LogP contribution in [0.1, 0.15) is 52.9 Å². The van der Waals surface area contributed by atoms with E-state index in [1.807, 2.05) is 0 Å². The zero-order chi connectivity index (χ0) is 14.9. The molecule has 0 saturated heterocycles. The van der Waals surface area contributed by atoms with Gasteiger partial charge in [-0.2, -0.15) is 0 Å². The van der Waals surface area contributed by atoms with E-state index in [1.54, 1.807) is 7.11 Å². The van der Waals surface area contributed by atoms with Crippen LogP contribution >= 0.6 is 0 Å². The summed E-state index contributed by atoms with van der Waals surface area (Å²) in [5, 5.41) is 3.61. The third-order valence-electron chi connectivity index (χ3n) is 3.77. The SMILES string of the molecule is COCCOCCOC1(CNC(C)(C)C)CCCCC1. The molecule has 1 rings (SSSR count). The molecule has 0 spiro atoms. The van der Waals surface area contributed by atoms with Gasteiger partial charge in [-0.1, -0.05) is 19.3 Å². The lowest BCUT2D eigenvalue weighted by Gasteiger charge is -2.39. The molecule has 0 aromatic heterocycles. The quantitative estimate of drug-likeness (QED) is 0.662. The maximum Gasteiger partial charge on any atom is 0.0807 e. The topological polar surface area (TPSA) is 39.7 Å². The highest BCUT2D eigenvalue weighted by Crippen LogP contribution is 2.31. The van der Waals surface area contributed by atoms with E-state index in [4.69, 9.17) is 14.2 Å². The molecule has 0 aliphatic heterocycles. The van der Waals surface area contributed by atoms with Gasteiger partial charge in [0.15, 0.2) is 0 Å². The Labute approximate surface area is 124 Å². The van der Waals surface area contributed by atoms with Crippen molar-refractivity contribution >= 4 is 0 Å². The Morgan fingerprint density at radius 1 is 0.950 bits per heavy atom. The van der Waals surface area contributed by atoms with Crippen molar-refractivity contribution in [1.29, 1.82) is 0 Å². The van der Waals surface area contributed by atoms with Gasteiger partial charge in [0.05, 0.1) is 32.0 Å². The van der Waals surface area contributed by atoms with Gasteiger partial charge in [0.2, 0.25) is 0 Å². The summed E-state index contributed by atoms with van der Waals surface area (Å²) in [6, 6.07) is 0. The summed E-state index contributed by atoms with van der Waals surface area (Å²) in [5.74, 6) is 0. The lowest BCUT2D eigenvalue weighted by Crippen LogP contribution is -2.50. The lowest BCUT2D eigenvalue weighted by atomic mass is 9.84. The molecule has 0 bridgehead atoms. The fraction of sp³-hybridized carbons (Fsp3) is 1.00. The van der Waals surface area contributed by atoms with Crippen LogP contribution in [0, 0.1) is 0 Å². The molecule has 0 aromatic carbocycles. The Kier molecular flexibility index (Phi) is 8.03. The van der Waals surface area contributed by atoms with Crippen LogP contribution in [0.25, 0.3) is 0 Å². The molecule has 0 heterocycles. The molecule has 1 saturated carbocycles. The zero-order valence-corrected chi connectivity index (χ0v) is 13.8. The predicted octanol–water partition coefficient (Wildman–Crippen LogP) is 2.76. The van der Waals surface area contributed by atoms with Crippen LogP contribution in [0.5, 0.6) is 0 Å². The molecule has 0 amide bonds. The number of nitrogens with one attached hydrogen (secondary N) is 1. The highest BCUT2D eigenvalue weighted by atomic mass is 16.5. The average Bonchev–Trinajstić information content (AvgIpc) is 2.41. The first-order chi connectivity index (χ1) is 9.47. The first kappa shape index (κ1) is 17.9. The van der Waals surface area contributed by atoms with Gasteiger partial charge in [-0.3, -0.25) is 0 Å². The molecular weight excluding hydrogens is 254 g/mol. The summed E-state index contributed by atoms with van der Waals surface area (Å²) in [6.45, 7) is 10.2. The minimum Gasteiger partial charge on any atom is -0.382 e. The second kappa shape index (κ2) is 8.98. The summed E-state index contributed by atoms with van der Waals surface area (Å²) in [7, 11) is 1.69. The van der Waals surface area contributed by atoms with Crippen molar-refractivity contribution in [2.75, 3.05) is 40.1 Å². The van der Waals surface area contributed by atoms with E-state index >= 15 is 0 Å². The summed E-state index contributed by atoms with van der Waals surface area (Å²) in [6.07, 6.45) is 6.21.